The zero-order valence-corrected chi connectivity index (χ0v) is 10.7. The number of carbonyl (C=O) groups is 2. The Bertz CT molecular complexity index is 841. The molecule has 3 heterocycles. The smallest absolute Gasteiger partial charge is 0.261 e. The van der Waals surface area contributed by atoms with E-state index >= 15 is 0 Å². The van der Waals surface area contributed by atoms with Gasteiger partial charge < -0.3 is 11.1 Å². The molecule has 2 amide bonds. The molecular weight excluding hydrogens is 272 g/mol. The van der Waals surface area contributed by atoms with Crippen LogP contribution in [0.5, 0.6) is 0 Å². The van der Waals surface area contributed by atoms with E-state index in [1.807, 2.05) is 0 Å². The van der Waals surface area contributed by atoms with Gasteiger partial charge in [-0.1, -0.05) is 0 Å². The zero-order valence-electron chi connectivity index (χ0n) is 10.7. The van der Waals surface area contributed by atoms with Crippen LogP contribution < -0.4 is 11.1 Å². The minimum atomic E-state index is -0.648. The summed E-state index contributed by atoms with van der Waals surface area (Å²) < 4.78 is 1.48. The first-order chi connectivity index (χ1) is 10.2. The molecule has 0 bridgehead atoms. The topological polar surface area (TPSA) is 115 Å². The SMILES string of the molecule is NC(=O)c1ccncc1NC(=O)c1cnn2cccnc12. The molecule has 8 nitrogen and oxygen atoms in total. The van der Waals surface area contributed by atoms with Gasteiger partial charge in [-0.25, -0.2) is 9.50 Å². The number of aromatic nitrogens is 4. The molecule has 0 aromatic carbocycles. The van der Waals surface area contributed by atoms with Crippen molar-refractivity contribution in [2.75, 3.05) is 5.32 Å². The highest BCUT2D eigenvalue weighted by molar-refractivity contribution is 6.11. The largest absolute Gasteiger partial charge is 0.366 e. The molecule has 3 rings (SSSR count). The van der Waals surface area contributed by atoms with Crippen molar-refractivity contribution in [1.82, 2.24) is 19.6 Å². The number of nitrogens with two attached hydrogens (primary N) is 1. The maximum Gasteiger partial charge on any atom is 0.261 e. The fourth-order valence-electron chi connectivity index (χ4n) is 1.89. The van der Waals surface area contributed by atoms with Gasteiger partial charge in [-0.05, 0) is 12.1 Å². The van der Waals surface area contributed by atoms with Crippen LogP contribution in [0.4, 0.5) is 5.69 Å². The Kier molecular flexibility index (Phi) is 3.03. The summed E-state index contributed by atoms with van der Waals surface area (Å²) in [6.07, 6.45) is 7.42. The lowest BCUT2D eigenvalue weighted by Crippen LogP contribution is -2.18. The van der Waals surface area contributed by atoms with Crippen LogP contribution in [0.3, 0.4) is 0 Å². The van der Waals surface area contributed by atoms with E-state index < -0.39 is 11.8 Å². The first kappa shape index (κ1) is 12.7. The lowest BCUT2D eigenvalue weighted by Gasteiger charge is -2.07. The Balaban J connectivity index is 1.96. The molecular formula is C13H10N6O2. The molecule has 0 aliphatic carbocycles. The number of rotatable bonds is 3. The van der Waals surface area contributed by atoms with E-state index in [4.69, 9.17) is 5.73 Å². The number of hydrogen-bond acceptors (Lipinski definition) is 5. The van der Waals surface area contributed by atoms with Gasteiger partial charge in [0.25, 0.3) is 11.8 Å². The number of hydrogen-bond donors (Lipinski definition) is 2. The van der Waals surface area contributed by atoms with Crippen molar-refractivity contribution in [3.8, 4) is 0 Å². The number of anilines is 1. The summed E-state index contributed by atoms with van der Waals surface area (Å²) in [5.41, 5.74) is 6.38. The fraction of sp³-hybridized carbons (Fsp3) is 0. The molecule has 104 valence electrons. The van der Waals surface area contributed by atoms with Crippen LogP contribution in [0.25, 0.3) is 5.65 Å². The summed E-state index contributed by atoms with van der Waals surface area (Å²) in [6.45, 7) is 0. The third-order valence-corrected chi connectivity index (χ3v) is 2.86. The van der Waals surface area contributed by atoms with Gasteiger partial charge in [0.1, 0.15) is 5.56 Å². The van der Waals surface area contributed by atoms with Crippen LogP contribution in [0.2, 0.25) is 0 Å². The highest BCUT2D eigenvalue weighted by Crippen LogP contribution is 2.15. The summed E-state index contributed by atoms with van der Waals surface area (Å²) >= 11 is 0. The highest BCUT2D eigenvalue weighted by Gasteiger charge is 2.16. The molecule has 0 saturated heterocycles. The Labute approximate surface area is 118 Å². The summed E-state index contributed by atoms with van der Waals surface area (Å²) in [7, 11) is 0. The van der Waals surface area contributed by atoms with Crippen LogP contribution in [0, 0.1) is 0 Å². The molecule has 8 heteroatoms. The number of nitrogens with zero attached hydrogens (tertiary/aromatic N) is 4. The molecule has 0 atom stereocenters. The average molecular weight is 282 g/mol. The Hall–Kier alpha value is -3.29. The summed E-state index contributed by atoms with van der Waals surface area (Å²) in [5, 5.41) is 6.62. The first-order valence-corrected chi connectivity index (χ1v) is 6.00. The quantitative estimate of drug-likeness (QED) is 0.724. The van der Waals surface area contributed by atoms with Crippen LogP contribution in [0.15, 0.2) is 43.1 Å². The van der Waals surface area contributed by atoms with Crippen molar-refractivity contribution in [3.05, 3.63) is 54.2 Å². The van der Waals surface area contributed by atoms with E-state index in [1.165, 1.54) is 29.2 Å². The van der Waals surface area contributed by atoms with Crippen molar-refractivity contribution in [3.63, 3.8) is 0 Å². The second-order valence-electron chi connectivity index (χ2n) is 4.19. The van der Waals surface area contributed by atoms with Gasteiger partial charge in [0.2, 0.25) is 0 Å². The maximum atomic E-state index is 12.3. The van der Waals surface area contributed by atoms with Crippen molar-refractivity contribution < 1.29 is 9.59 Å². The predicted octanol–water partition coefficient (Wildman–Crippen LogP) is 0.475. The second-order valence-corrected chi connectivity index (χ2v) is 4.19. The van der Waals surface area contributed by atoms with Crippen molar-refractivity contribution in [2.24, 2.45) is 5.73 Å². The molecule has 3 aromatic heterocycles. The molecule has 0 unspecified atom stereocenters. The third kappa shape index (κ3) is 2.29. The molecule has 0 aliphatic rings. The van der Waals surface area contributed by atoms with E-state index in [1.54, 1.807) is 18.5 Å². The third-order valence-electron chi connectivity index (χ3n) is 2.86. The lowest BCUT2D eigenvalue weighted by molar-refractivity contribution is 0.100. The van der Waals surface area contributed by atoms with Gasteiger partial charge >= 0.3 is 0 Å². The number of primary amides is 1. The zero-order chi connectivity index (χ0) is 14.8. The minimum absolute atomic E-state index is 0.183. The number of carbonyl (C=O) groups excluding carboxylic acids is 2. The predicted molar refractivity (Wildman–Crippen MR) is 73.7 cm³/mol. The van der Waals surface area contributed by atoms with Gasteiger partial charge in [0.15, 0.2) is 5.65 Å². The second kappa shape index (κ2) is 5.00. The maximum absolute atomic E-state index is 12.3. The molecule has 3 aromatic rings. The number of amides is 2. The van der Waals surface area contributed by atoms with E-state index in [0.717, 1.165) is 0 Å². The molecule has 0 aliphatic heterocycles. The Morgan fingerprint density at radius 2 is 2.05 bits per heavy atom. The van der Waals surface area contributed by atoms with Gasteiger partial charge in [0, 0.05) is 18.6 Å². The molecule has 21 heavy (non-hydrogen) atoms. The monoisotopic (exact) mass is 282 g/mol. The van der Waals surface area contributed by atoms with E-state index in [2.05, 4.69) is 20.4 Å². The van der Waals surface area contributed by atoms with Crippen molar-refractivity contribution in [1.29, 1.82) is 0 Å². The van der Waals surface area contributed by atoms with Crippen LogP contribution >= 0.6 is 0 Å². The number of fused-ring (bicyclic) bond motifs is 1. The van der Waals surface area contributed by atoms with Gasteiger partial charge in [-0.15, -0.1) is 0 Å². The molecule has 0 radical (unpaired) electrons. The molecule has 0 saturated carbocycles. The van der Waals surface area contributed by atoms with Crippen LogP contribution in [-0.2, 0) is 0 Å². The van der Waals surface area contributed by atoms with E-state index in [9.17, 15) is 9.59 Å². The van der Waals surface area contributed by atoms with E-state index in [0.29, 0.717) is 5.65 Å². The molecule has 3 N–H and O–H groups in total. The normalized spacial score (nSPS) is 10.5. The Morgan fingerprint density at radius 3 is 2.86 bits per heavy atom. The summed E-state index contributed by atoms with van der Waals surface area (Å²) in [6, 6.07) is 3.14. The van der Waals surface area contributed by atoms with Gasteiger partial charge in [0.05, 0.1) is 23.6 Å². The van der Waals surface area contributed by atoms with Gasteiger partial charge in [-0.3, -0.25) is 14.6 Å². The lowest BCUT2D eigenvalue weighted by atomic mass is 10.2. The first-order valence-electron chi connectivity index (χ1n) is 6.00. The fourth-order valence-corrected chi connectivity index (χ4v) is 1.89. The minimum Gasteiger partial charge on any atom is -0.366 e. The summed E-state index contributed by atoms with van der Waals surface area (Å²) in [4.78, 5) is 31.6. The van der Waals surface area contributed by atoms with Crippen LogP contribution in [0.1, 0.15) is 20.7 Å². The average Bonchev–Trinajstić information content (AvgIpc) is 2.91. The highest BCUT2D eigenvalue weighted by atomic mass is 16.2. The number of pyridine rings is 1. The van der Waals surface area contributed by atoms with E-state index in [-0.39, 0.29) is 16.8 Å². The van der Waals surface area contributed by atoms with Gasteiger partial charge in [-0.2, -0.15) is 5.10 Å². The van der Waals surface area contributed by atoms with Crippen molar-refractivity contribution >= 4 is 23.1 Å². The standard InChI is InChI=1S/C13H10N6O2/c14-11(20)8-2-4-15-7-10(8)18-13(21)9-6-17-19-5-1-3-16-12(9)19/h1-7H,(H2,14,20)(H,18,21). The number of nitrogens with one attached hydrogen (secondary N) is 1. The van der Waals surface area contributed by atoms with Crippen molar-refractivity contribution in [2.45, 2.75) is 0 Å². The summed E-state index contributed by atoms with van der Waals surface area (Å²) in [5.74, 6) is -1.09. The van der Waals surface area contributed by atoms with Crippen LogP contribution in [-0.4, -0.2) is 31.4 Å². The molecule has 0 fully saturated rings. The molecule has 0 spiro atoms. The Morgan fingerprint density at radius 1 is 1.19 bits per heavy atom.